The minimum Gasteiger partial charge on any atom is -0.481 e. The second kappa shape index (κ2) is 7.11. The number of carboxylic acid groups (broad SMARTS) is 1. The standard InChI is InChI=1S/C15H27NO5/c1-14(2,3)21-13(20)16-9-7-15(8-10-16,12(18)19)6-4-5-11-17/h17H,4-11H2,1-3H3,(H,18,19). The third-order valence-electron chi connectivity index (χ3n) is 3.89. The molecular formula is C15H27NO5. The van der Waals surface area contributed by atoms with Gasteiger partial charge in [-0.3, -0.25) is 4.79 Å². The van der Waals surface area contributed by atoms with E-state index in [1.807, 2.05) is 20.8 Å². The molecule has 6 heteroatoms. The number of hydrogen-bond donors (Lipinski definition) is 2. The molecule has 0 atom stereocenters. The maximum absolute atomic E-state index is 12.0. The highest BCUT2D eigenvalue weighted by Gasteiger charge is 2.42. The highest BCUT2D eigenvalue weighted by molar-refractivity contribution is 5.75. The molecule has 1 saturated heterocycles. The fraction of sp³-hybridized carbons (Fsp3) is 0.867. The first-order valence-electron chi connectivity index (χ1n) is 7.52. The fourth-order valence-electron chi connectivity index (χ4n) is 2.59. The first kappa shape index (κ1) is 17.8. The number of aliphatic carboxylic acids is 1. The molecule has 1 aliphatic heterocycles. The zero-order chi connectivity index (χ0) is 16.1. The number of amides is 1. The van der Waals surface area contributed by atoms with Crippen molar-refractivity contribution in [3.05, 3.63) is 0 Å². The van der Waals surface area contributed by atoms with Crippen molar-refractivity contribution in [3.8, 4) is 0 Å². The summed E-state index contributed by atoms with van der Waals surface area (Å²) >= 11 is 0. The lowest BCUT2D eigenvalue weighted by Gasteiger charge is -2.39. The third kappa shape index (κ3) is 5.19. The van der Waals surface area contributed by atoms with Crippen molar-refractivity contribution < 1.29 is 24.5 Å². The van der Waals surface area contributed by atoms with Gasteiger partial charge in [0, 0.05) is 19.7 Å². The van der Waals surface area contributed by atoms with Crippen LogP contribution in [0.1, 0.15) is 52.9 Å². The number of unbranched alkanes of at least 4 members (excludes halogenated alkanes) is 1. The van der Waals surface area contributed by atoms with Crippen LogP contribution in [0.4, 0.5) is 4.79 Å². The summed E-state index contributed by atoms with van der Waals surface area (Å²) in [5, 5.41) is 18.3. The lowest BCUT2D eigenvalue weighted by molar-refractivity contribution is -0.152. The number of carboxylic acids is 1. The molecule has 0 saturated carbocycles. The van der Waals surface area contributed by atoms with E-state index in [-0.39, 0.29) is 12.7 Å². The number of carbonyl (C=O) groups is 2. The molecule has 0 bridgehead atoms. The van der Waals surface area contributed by atoms with Gasteiger partial charge < -0.3 is 19.8 Å². The first-order chi connectivity index (χ1) is 9.70. The van der Waals surface area contributed by atoms with Crippen LogP contribution < -0.4 is 0 Å². The average Bonchev–Trinajstić information content (AvgIpc) is 2.37. The second-order valence-electron chi connectivity index (χ2n) is 6.73. The number of piperidine rings is 1. The average molecular weight is 301 g/mol. The van der Waals surface area contributed by atoms with Crippen molar-refractivity contribution >= 4 is 12.1 Å². The molecule has 21 heavy (non-hydrogen) atoms. The summed E-state index contributed by atoms with van der Waals surface area (Å²) in [6, 6.07) is 0. The Bertz CT molecular complexity index is 367. The number of rotatable bonds is 5. The highest BCUT2D eigenvalue weighted by Crippen LogP contribution is 2.37. The lowest BCUT2D eigenvalue weighted by Crippen LogP contribution is -2.47. The van der Waals surface area contributed by atoms with Crippen LogP contribution in [0.25, 0.3) is 0 Å². The molecule has 0 aromatic rings. The Morgan fingerprint density at radius 3 is 2.19 bits per heavy atom. The Hall–Kier alpha value is -1.30. The van der Waals surface area contributed by atoms with E-state index in [4.69, 9.17) is 9.84 Å². The Labute approximate surface area is 126 Å². The summed E-state index contributed by atoms with van der Waals surface area (Å²) in [6.07, 6.45) is 2.35. The molecule has 1 fully saturated rings. The topological polar surface area (TPSA) is 87.1 Å². The minimum atomic E-state index is -0.802. The maximum atomic E-state index is 12.0. The quantitative estimate of drug-likeness (QED) is 0.760. The van der Waals surface area contributed by atoms with Gasteiger partial charge in [0.25, 0.3) is 0 Å². The molecule has 1 heterocycles. The molecule has 122 valence electrons. The molecule has 0 aromatic carbocycles. The van der Waals surface area contributed by atoms with Gasteiger partial charge in [0.15, 0.2) is 0 Å². The number of likely N-dealkylation sites (tertiary alicyclic amines) is 1. The van der Waals surface area contributed by atoms with E-state index in [1.54, 1.807) is 4.90 Å². The molecule has 2 N–H and O–H groups in total. The van der Waals surface area contributed by atoms with E-state index in [2.05, 4.69) is 0 Å². The normalized spacial score (nSPS) is 18.4. The molecule has 0 unspecified atom stereocenters. The van der Waals surface area contributed by atoms with Gasteiger partial charge >= 0.3 is 12.1 Å². The van der Waals surface area contributed by atoms with Crippen molar-refractivity contribution in [2.24, 2.45) is 5.41 Å². The zero-order valence-electron chi connectivity index (χ0n) is 13.2. The molecular weight excluding hydrogens is 274 g/mol. The van der Waals surface area contributed by atoms with Crippen molar-refractivity contribution in [2.75, 3.05) is 19.7 Å². The van der Waals surface area contributed by atoms with E-state index in [0.29, 0.717) is 45.2 Å². The predicted octanol–water partition coefficient (Wildman–Crippen LogP) is 2.25. The smallest absolute Gasteiger partial charge is 0.410 e. The molecule has 1 amide bonds. The van der Waals surface area contributed by atoms with Crippen LogP contribution in [0.5, 0.6) is 0 Å². The van der Waals surface area contributed by atoms with E-state index in [0.717, 1.165) is 0 Å². The van der Waals surface area contributed by atoms with Crippen LogP contribution in [0.15, 0.2) is 0 Å². The van der Waals surface area contributed by atoms with E-state index in [9.17, 15) is 14.7 Å². The van der Waals surface area contributed by atoms with Gasteiger partial charge in [-0.15, -0.1) is 0 Å². The first-order valence-corrected chi connectivity index (χ1v) is 7.52. The summed E-state index contributed by atoms with van der Waals surface area (Å²) < 4.78 is 5.31. The fourth-order valence-corrected chi connectivity index (χ4v) is 2.59. The van der Waals surface area contributed by atoms with Gasteiger partial charge in [-0.1, -0.05) is 6.42 Å². The Kier molecular flexibility index (Phi) is 6.01. The number of aliphatic hydroxyl groups is 1. The summed E-state index contributed by atoms with van der Waals surface area (Å²) in [5.41, 5.74) is -1.31. The van der Waals surface area contributed by atoms with Crippen molar-refractivity contribution in [1.29, 1.82) is 0 Å². The molecule has 0 aliphatic carbocycles. The third-order valence-corrected chi connectivity index (χ3v) is 3.89. The maximum Gasteiger partial charge on any atom is 0.410 e. The molecule has 1 rings (SSSR count). The molecule has 0 spiro atoms. The van der Waals surface area contributed by atoms with Gasteiger partial charge in [0.05, 0.1) is 5.41 Å². The summed E-state index contributed by atoms with van der Waals surface area (Å²) in [6.45, 7) is 6.32. The summed E-state index contributed by atoms with van der Waals surface area (Å²) in [5.74, 6) is -0.802. The van der Waals surface area contributed by atoms with Crippen LogP contribution in [0.3, 0.4) is 0 Å². The van der Waals surface area contributed by atoms with E-state index < -0.39 is 17.0 Å². The van der Waals surface area contributed by atoms with Gasteiger partial charge in [-0.25, -0.2) is 4.79 Å². The Balaban J connectivity index is 2.58. The molecule has 0 aromatic heterocycles. The largest absolute Gasteiger partial charge is 0.481 e. The molecule has 0 radical (unpaired) electrons. The van der Waals surface area contributed by atoms with Crippen molar-refractivity contribution in [3.63, 3.8) is 0 Å². The number of ether oxygens (including phenoxy) is 1. The molecule has 6 nitrogen and oxygen atoms in total. The van der Waals surface area contributed by atoms with Gasteiger partial charge in [0.1, 0.15) is 5.60 Å². The number of carbonyl (C=O) groups excluding carboxylic acids is 1. The Morgan fingerprint density at radius 1 is 1.19 bits per heavy atom. The molecule has 1 aliphatic rings. The Morgan fingerprint density at radius 2 is 1.76 bits per heavy atom. The lowest BCUT2D eigenvalue weighted by atomic mass is 9.74. The SMILES string of the molecule is CC(C)(C)OC(=O)N1CCC(CCCCO)(C(=O)O)CC1. The van der Waals surface area contributed by atoms with Crippen LogP contribution in [0.2, 0.25) is 0 Å². The second-order valence-corrected chi connectivity index (χ2v) is 6.73. The van der Waals surface area contributed by atoms with Gasteiger partial charge in [-0.2, -0.15) is 0 Å². The number of hydrogen-bond acceptors (Lipinski definition) is 4. The number of nitrogens with zero attached hydrogens (tertiary/aromatic N) is 1. The zero-order valence-corrected chi connectivity index (χ0v) is 13.2. The summed E-state index contributed by atoms with van der Waals surface area (Å²) in [7, 11) is 0. The minimum absolute atomic E-state index is 0.0831. The van der Waals surface area contributed by atoms with Gasteiger partial charge in [-0.05, 0) is 46.5 Å². The van der Waals surface area contributed by atoms with E-state index >= 15 is 0 Å². The highest BCUT2D eigenvalue weighted by atomic mass is 16.6. The van der Waals surface area contributed by atoms with Gasteiger partial charge in [0.2, 0.25) is 0 Å². The summed E-state index contributed by atoms with van der Waals surface area (Å²) in [4.78, 5) is 25.1. The van der Waals surface area contributed by atoms with E-state index in [1.165, 1.54) is 0 Å². The van der Waals surface area contributed by atoms with Crippen LogP contribution >= 0.6 is 0 Å². The predicted molar refractivity (Wildman–Crippen MR) is 78.0 cm³/mol. The van der Waals surface area contributed by atoms with Crippen LogP contribution in [-0.4, -0.2) is 52.5 Å². The monoisotopic (exact) mass is 301 g/mol. The van der Waals surface area contributed by atoms with Crippen LogP contribution in [-0.2, 0) is 9.53 Å². The van der Waals surface area contributed by atoms with Crippen LogP contribution in [0, 0.1) is 5.41 Å². The van der Waals surface area contributed by atoms with Crippen molar-refractivity contribution in [1.82, 2.24) is 4.90 Å². The number of aliphatic hydroxyl groups excluding tert-OH is 1. The van der Waals surface area contributed by atoms with Crippen molar-refractivity contribution in [2.45, 2.75) is 58.5 Å².